The largest absolute Gasteiger partial charge is 0.380 e. The molecule has 1 aliphatic heterocycles. The Labute approximate surface area is 111 Å². The first-order valence-corrected chi connectivity index (χ1v) is 7.64. The van der Waals surface area contributed by atoms with Crippen molar-refractivity contribution in [3.8, 4) is 0 Å². The summed E-state index contributed by atoms with van der Waals surface area (Å²) in [5.41, 5.74) is 1.44. The predicted octanol–water partition coefficient (Wildman–Crippen LogP) is 3.55. The maximum absolute atomic E-state index is 6.12. The fraction of sp³-hybridized carbons (Fsp3) is 0.692. The molecule has 2 nitrogen and oxygen atoms in total. The summed E-state index contributed by atoms with van der Waals surface area (Å²) in [7, 11) is 0. The molecule has 1 aliphatic carbocycles. The standard InChI is InChI=1S/C13H18ClNOS/c14-13-7-10-11(4-1-5-12(10)17-13)15-9-3-2-6-16-8-9/h7,9,11,15H,1-6,8H2. The average Bonchev–Trinajstić information content (AvgIpc) is 2.72. The van der Waals surface area contributed by atoms with Crippen molar-refractivity contribution in [1.82, 2.24) is 5.32 Å². The molecule has 2 unspecified atom stereocenters. The van der Waals surface area contributed by atoms with Gasteiger partial charge in [0.15, 0.2) is 0 Å². The van der Waals surface area contributed by atoms with Gasteiger partial charge in [-0.05, 0) is 43.7 Å². The monoisotopic (exact) mass is 271 g/mol. The van der Waals surface area contributed by atoms with Crippen molar-refractivity contribution in [1.29, 1.82) is 0 Å². The third kappa shape index (κ3) is 2.68. The molecule has 2 aliphatic rings. The molecule has 3 rings (SSSR count). The number of thiophene rings is 1. The average molecular weight is 272 g/mol. The second-order valence-corrected chi connectivity index (χ2v) is 6.72. The molecule has 4 heteroatoms. The molecule has 2 atom stereocenters. The van der Waals surface area contributed by atoms with E-state index in [9.17, 15) is 0 Å². The van der Waals surface area contributed by atoms with Gasteiger partial charge >= 0.3 is 0 Å². The third-order valence-corrected chi connectivity index (χ3v) is 5.02. The van der Waals surface area contributed by atoms with Crippen LogP contribution in [0.5, 0.6) is 0 Å². The van der Waals surface area contributed by atoms with Crippen LogP contribution in [0.3, 0.4) is 0 Å². The molecule has 1 aromatic rings. The zero-order valence-electron chi connectivity index (χ0n) is 9.88. The van der Waals surface area contributed by atoms with Gasteiger partial charge in [0.2, 0.25) is 0 Å². The summed E-state index contributed by atoms with van der Waals surface area (Å²) in [5.74, 6) is 0. The van der Waals surface area contributed by atoms with Crippen LogP contribution < -0.4 is 5.32 Å². The van der Waals surface area contributed by atoms with Crippen LogP contribution in [0.1, 0.15) is 42.2 Å². The van der Waals surface area contributed by atoms with Crippen LogP contribution >= 0.6 is 22.9 Å². The summed E-state index contributed by atoms with van der Waals surface area (Å²) in [6.07, 6.45) is 6.13. The predicted molar refractivity (Wildman–Crippen MR) is 72.0 cm³/mol. The Kier molecular flexibility index (Phi) is 3.71. The van der Waals surface area contributed by atoms with E-state index in [2.05, 4.69) is 11.4 Å². The van der Waals surface area contributed by atoms with E-state index in [1.165, 1.54) is 42.5 Å². The zero-order chi connectivity index (χ0) is 11.7. The Balaban J connectivity index is 1.71. The van der Waals surface area contributed by atoms with Crippen LogP contribution in [-0.2, 0) is 11.2 Å². The fourth-order valence-corrected chi connectivity index (χ4v) is 4.23. The maximum atomic E-state index is 6.12. The normalized spacial score (nSPS) is 29.0. The van der Waals surface area contributed by atoms with Gasteiger partial charge in [0, 0.05) is 23.6 Å². The molecule has 0 aromatic carbocycles. The molecule has 0 spiro atoms. The first kappa shape index (κ1) is 12.0. The van der Waals surface area contributed by atoms with Crippen molar-refractivity contribution < 1.29 is 4.74 Å². The van der Waals surface area contributed by atoms with E-state index in [1.807, 2.05) is 0 Å². The van der Waals surface area contributed by atoms with Crippen LogP contribution in [0, 0.1) is 0 Å². The lowest BCUT2D eigenvalue weighted by atomic mass is 9.93. The summed E-state index contributed by atoms with van der Waals surface area (Å²) < 4.78 is 6.46. The molecule has 0 bridgehead atoms. The van der Waals surface area contributed by atoms with Crippen molar-refractivity contribution in [2.45, 2.75) is 44.2 Å². The van der Waals surface area contributed by atoms with Crippen molar-refractivity contribution in [2.75, 3.05) is 13.2 Å². The number of halogens is 1. The number of aryl methyl sites for hydroxylation is 1. The van der Waals surface area contributed by atoms with Crippen molar-refractivity contribution >= 4 is 22.9 Å². The van der Waals surface area contributed by atoms with Crippen LogP contribution in [0.2, 0.25) is 4.34 Å². The molecule has 94 valence electrons. The Morgan fingerprint density at radius 3 is 3.12 bits per heavy atom. The van der Waals surface area contributed by atoms with E-state index in [0.717, 1.165) is 17.6 Å². The smallest absolute Gasteiger partial charge is 0.0934 e. The second-order valence-electron chi connectivity index (χ2n) is 4.95. The third-order valence-electron chi connectivity index (χ3n) is 3.68. The van der Waals surface area contributed by atoms with Gasteiger partial charge < -0.3 is 10.1 Å². The van der Waals surface area contributed by atoms with Gasteiger partial charge in [-0.15, -0.1) is 11.3 Å². The van der Waals surface area contributed by atoms with Crippen LogP contribution in [0.4, 0.5) is 0 Å². The molecular formula is C13H18ClNOS. The first-order valence-electron chi connectivity index (χ1n) is 6.45. The lowest BCUT2D eigenvalue weighted by Gasteiger charge is -2.30. The number of hydrogen-bond donors (Lipinski definition) is 1. The number of rotatable bonds is 2. The number of ether oxygens (including phenoxy) is 1. The van der Waals surface area contributed by atoms with E-state index in [4.69, 9.17) is 16.3 Å². The Hall–Kier alpha value is -0.0900. The quantitative estimate of drug-likeness (QED) is 0.888. The lowest BCUT2D eigenvalue weighted by Crippen LogP contribution is -2.39. The van der Waals surface area contributed by atoms with E-state index in [0.29, 0.717) is 12.1 Å². The van der Waals surface area contributed by atoms with Gasteiger partial charge in [0.1, 0.15) is 0 Å². The number of hydrogen-bond acceptors (Lipinski definition) is 3. The molecule has 1 fully saturated rings. The Morgan fingerprint density at radius 1 is 1.35 bits per heavy atom. The summed E-state index contributed by atoms with van der Waals surface area (Å²) in [5, 5.41) is 3.75. The van der Waals surface area contributed by atoms with Gasteiger partial charge in [-0.1, -0.05) is 11.6 Å². The SMILES string of the molecule is Clc1cc2c(s1)CCCC2NC1CCCOC1. The molecule has 0 radical (unpaired) electrons. The van der Waals surface area contributed by atoms with E-state index in [-0.39, 0.29) is 0 Å². The minimum absolute atomic E-state index is 0.495. The molecular weight excluding hydrogens is 254 g/mol. The first-order chi connectivity index (χ1) is 8.33. The minimum Gasteiger partial charge on any atom is -0.380 e. The van der Waals surface area contributed by atoms with Crippen molar-refractivity contribution in [2.24, 2.45) is 0 Å². The zero-order valence-corrected chi connectivity index (χ0v) is 11.4. The summed E-state index contributed by atoms with van der Waals surface area (Å²) in [6.45, 7) is 1.79. The molecule has 1 N–H and O–H groups in total. The lowest BCUT2D eigenvalue weighted by molar-refractivity contribution is 0.0654. The fourth-order valence-electron chi connectivity index (χ4n) is 2.85. The highest BCUT2D eigenvalue weighted by Gasteiger charge is 2.25. The number of fused-ring (bicyclic) bond motifs is 1. The Morgan fingerprint density at radius 2 is 2.29 bits per heavy atom. The maximum Gasteiger partial charge on any atom is 0.0934 e. The van der Waals surface area contributed by atoms with Crippen LogP contribution in [-0.4, -0.2) is 19.3 Å². The van der Waals surface area contributed by atoms with E-state index < -0.39 is 0 Å². The van der Waals surface area contributed by atoms with E-state index >= 15 is 0 Å². The highest BCUT2D eigenvalue weighted by Crippen LogP contribution is 2.38. The molecule has 1 saturated heterocycles. The van der Waals surface area contributed by atoms with Crippen LogP contribution in [0.25, 0.3) is 0 Å². The minimum atomic E-state index is 0.495. The Bertz CT molecular complexity index is 387. The van der Waals surface area contributed by atoms with Crippen molar-refractivity contribution in [3.05, 3.63) is 20.8 Å². The topological polar surface area (TPSA) is 21.3 Å². The molecule has 17 heavy (non-hydrogen) atoms. The molecule has 1 aromatic heterocycles. The van der Waals surface area contributed by atoms with Gasteiger partial charge in [-0.25, -0.2) is 0 Å². The molecule has 0 saturated carbocycles. The summed E-state index contributed by atoms with van der Waals surface area (Å²) >= 11 is 7.88. The summed E-state index contributed by atoms with van der Waals surface area (Å²) in [4.78, 5) is 1.48. The van der Waals surface area contributed by atoms with Crippen molar-refractivity contribution in [3.63, 3.8) is 0 Å². The van der Waals surface area contributed by atoms with E-state index in [1.54, 1.807) is 11.3 Å². The highest BCUT2D eigenvalue weighted by molar-refractivity contribution is 7.16. The van der Waals surface area contributed by atoms with Gasteiger partial charge in [-0.3, -0.25) is 0 Å². The van der Waals surface area contributed by atoms with Gasteiger partial charge in [0.25, 0.3) is 0 Å². The second kappa shape index (κ2) is 5.27. The van der Waals surface area contributed by atoms with Crippen LogP contribution in [0.15, 0.2) is 6.07 Å². The molecule has 0 amide bonds. The highest BCUT2D eigenvalue weighted by atomic mass is 35.5. The molecule has 2 heterocycles. The van der Waals surface area contributed by atoms with Gasteiger partial charge in [0.05, 0.1) is 10.9 Å². The number of nitrogens with one attached hydrogen (secondary N) is 1. The van der Waals surface area contributed by atoms with Gasteiger partial charge in [-0.2, -0.15) is 0 Å². The summed E-state index contributed by atoms with van der Waals surface area (Å²) in [6, 6.07) is 3.18.